The Morgan fingerprint density at radius 1 is 1.29 bits per heavy atom. The molecule has 1 saturated carbocycles. The van der Waals surface area contributed by atoms with E-state index in [-0.39, 0.29) is 11.9 Å². The summed E-state index contributed by atoms with van der Waals surface area (Å²) < 4.78 is 0. The van der Waals surface area contributed by atoms with Gasteiger partial charge in [-0.1, -0.05) is 19.3 Å². The number of hydrogen-bond donors (Lipinski definition) is 2. The zero-order valence-corrected chi connectivity index (χ0v) is 8.72. The first-order chi connectivity index (χ1) is 6.86. The van der Waals surface area contributed by atoms with Gasteiger partial charge >= 0.3 is 0 Å². The first-order valence-corrected chi connectivity index (χ1v) is 5.87. The molecule has 14 heavy (non-hydrogen) atoms. The van der Waals surface area contributed by atoms with E-state index in [1.165, 1.54) is 32.1 Å². The van der Waals surface area contributed by atoms with Crippen molar-refractivity contribution in [2.24, 2.45) is 5.92 Å². The molecule has 0 unspecified atom stereocenters. The van der Waals surface area contributed by atoms with Gasteiger partial charge in [0, 0.05) is 6.54 Å². The molecule has 2 N–H and O–H groups in total. The molecule has 0 aromatic heterocycles. The minimum absolute atomic E-state index is 0.0861. The fourth-order valence-electron chi connectivity index (χ4n) is 2.00. The van der Waals surface area contributed by atoms with Crippen molar-refractivity contribution in [2.75, 3.05) is 13.1 Å². The van der Waals surface area contributed by atoms with Crippen LogP contribution in [0.1, 0.15) is 38.5 Å². The van der Waals surface area contributed by atoms with E-state index in [4.69, 9.17) is 0 Å². The van der Waals surface area contributed by atoms with Gasteiger partial charge in [-0.05, 0) is 31.7 Å². The predicted octanol–water partition coefficient (Wildman–Crippen LogP) is 1.04. The fourth-order valence-corrected chi connectivity index (χ4v) is 2.00. The van der Waals surface area contributed by atoms with Crippen LogP contribution in [-0.2, 0) is 4.79 Å². The van der Waals surface area contributed by atoms with Crippen LogP contribution in [0.5, 0.6) is 0 Å². The number of rotatable bonds is 4. The highest BCUT2D eigenvalue weighted by Crippen LogP contribution is 2.31. The molecule has 0 radical (unpaired) electrons. The monoisotopic (exact) mass is 196 g/mol. The van der Waals surface area contributed by atoms with E-state index < -0.39 is 0 Å². The molecule has 1 atom stereocenters. The second-order valence-corrected chi connectivity index (χ2v) is 4.53. The lowest BCUT2D eigenvalue weighted by Crippen LogP contribution is -2.46. The lowest BCUT2D eigenvalue weighted by atomic mass is 10.0. The van der Waals surface area contributed by atoms with Gasteiger partial charge in [0.1, 0.15) is 0 Å². The van der Waals surface area contributed by atoms with Crippen molar-refractivity contribution in [3.63, 3.8) is 0 Å². The van der Waals surface area contributed by atoms with Gasteiger partial charge in [0.05, 0.1) is 6.04 Å². The Balaban J connectivity index is 1.60. The highest BCUT2D eigenvalue weighted by atomic mass is 16.2. The molecular weight excluding hydrogens is 176 g/mol. The lowest BCUT2D eigenvalue weighted by Gasteiger charge is -2.22. The van der Waals surface area contributed by atoms with Gasteiger partial charge in [-0.15, -0.1) is 0 Å². The molecule has 3 nitrogen and oxygen atoms in total. The van der Waals surface area contributed by atoms with Gasteiger partial charge in [-0.25, -0.2) is 0 Å². The van der Waals surface area contributed by atoms with Gasteiger partial charge in [0.25, 0.3) is 0 Å². The number of amides is 1. The van der Waals surface area contributed by atoms with Crippen LogP contribution >= 0.6 is 0 Å². The number of nitrogens with one attached hydrogen (secondary N) is 2. The van der Waals surface area contributed by atoms with Crippen LogP contribution < -0.4 is 10.6 Å². The Morgan fingerprint density at radius 2 is 2.14 bits per heavy atom. The van der Waals surface area contributed by atoms with Crippen molar-refractivity contribution in [2.45, 2.75) is 44.6 Å². The number of carbonyl (C=O) groups is 1. The summed E-state index contributed by atoms with van der Waals surface area (Å²) >= 11 is 0. The van der Waals surface area contributed by atoms with Crippen molar-refractivity contribution >= 4 is 5.91 Å². The molecule has 1 saturated heterocycles. The zero-order valence-electron chi connectivity index (χ0n) is 8.72. The van der Waals surface area contributed by atoms with Crippen LogP contribution in [0.25, 0.3) is 0 Å². The number of hydrogen-bond acceptors (Lipinski definition) is 2. The van der Waals surface area contributed by atoms with Gasteiger partial charge in [0.2, 0.25) is 5.91 Å². The molecule has 1 aliphatic carbocycles. The van der Waals surface area contributed by atoms with Crippen LogP contribution in [0.2, 0.25) is 0 Å². The summed E-state index contributed by atoms with van der Waals surface area (Å²) in [5.74, 6) is 1.12. The molecule has 1 aliphatic heterocycles. The van der Waals surface area contributed by atoms with Crippen LogP contribution in [-0.4, -0.2) is 25.0 Å². The van der Waals surface area contributed by atoms with Gasteiger partial charge < -0.3 is 10.6 Å². The van der Waals surface area contributed by atoms with E-state index in [1.807, 2.05) is 0 Å². The van der Waals surface area contributed by atoms with E-state index in [0.29, 0.717) is 0 Å². The van der Waals surface area contributed by atoms with Crippen molar-refractivity contribution in [3.8, 4) is 0 Å². The molecule has 0 bridgehead atoms. The van der Waals surface area contributed by atoms with Crippen LogP contribution in [0.4, 0.5) is 0 Å². The van der Waals surface area contributed by atoms with E-state index in [0.717, 1.165) is 25.4 Å². The average Bonchev–Trinajstić information content (AvgIpc) is 3.03. The molecule has 0 spiro atoms. The van der Waals surface area contributed by atoms with Crippen molar-refractivity contribution in [1.82, 2.24) is 10.6 Å². The third-order valence-corrected chi connectivity index (χ3v) is 3.18. The minimum Gasteiger partial charge on any atom is -0.355 e. The molecule has 2 aliphatic rings. The molecule has 2 rings (SSSR count). The maximum atomic E-state index is 11.6. The van der Waals surface area contributed by atoms with E-state index in [2.05, 4.69) is 10.6 Å². The lowest BCUT2D eigenvalue weighted by molar-refractivity contribution is -0.123. The number of carbonyl (C=O) groups excluding carboxylic acids is 1. The topological polar surface area (TPSA) is 41.1 Å². The van der Waals surface area contributed by atoms with E-state index in [9.17, 15) is 4.79 Å². The molecule has 2 fully saturated rings. The van der Waals surface area contributed by atoms with Crippen molar-refractivity contribution in [3.05, 3.63) is 0 Å². The standard InChI is InChI=1S/C11H20N2O/c14-11(10-3-1-2-7-12-10)13-8-6-9-4-5-9/h9-10,12H,1-8H2,(H,13,14)/t10-/m1/s1. The molecule has 3 heteroatoms. The summed E-state index contributed by atoms with van der Waals surface area (Å²) in [5.41, 5.74) is 0. The molecule has 0 aromatic carbocycles. The van der Waals surface area contributed by atoms with Crippen LogP contribution in [0, 0.1) is 5.92 Å². The predicted molar refractivity (Wildman–Crippen MR) is 56.0 cm³/mol. The summed E-state index contributed by atoms with van der Waals surface area (Å²) in [6, 6.07) is 0.0861. The maximum absolute atomic E-state index is 11.6. The highest BCUT2D eigenvalue weighted by Gasteiger charge is 2.23. The first kappa shape index (κ1) is 9.97. The Labute approximate surface area is 85.6 Å². The molecule has 1 amide bonds. The Morgan fingerprint density at radius 3 is 2.79 bits per heavy atom. The van der Waals surface area contributed by atoms with E-state index in [1.54, 1.807) is 0 Å². The molecule has 0 aromatic rings. The molecular formula is C11H20N2O. The Bertz CT molecular complexity index is 195. The Hall–Kier alpha value is -0.570. The van der Waals surface area contributed by atoms with Gasteiger partial charge in [-0.3, -0.25) is 4.79 Å². The largest absolute Gasteiger partial charge is 0.355 e. The number of piperidine rings is 1. The normalized spacial score (nSPS) is 27.3. The van der Waals surface area contributed by atoms with Crippen LogP contribution in [0.15, 0.2) is 0 Å². The average molecular weight is 196 g/mol. The van der Waals surface area contributed by atoms with Crippen molar-refractivity contribution in [1.29, 1.82) is 0 Å². The molecule has 80 valence electrons. The van der Waals surface area contributed by atoms with Crippen molar-refractivity contribution < 1.29 is 4.79 Å². The maximum Gasteiger partial charge on any atom is 0.237 e. The zero-order chi connectivity index (χ0) is 9.80. The smallest absolute Gasteiger partial charge is 0.237 e. The minimum atomic E-state index is 0.0861. The third kappa shape index (κ3) is 2.98. The molecule has 1 heterocycles. The summed E-state index contributed by atoms with van der Waals surface area (Å²) in [7, 11) is 0. The highest BCUT2D eigenvalue weighted by molar-refractivity contribution is 5.81. The quantitative estimate of drug-likeness (QED) is 0.705. The first-order valence-electron chi connectivity index (χ1n) is 5.87. The van der Waals surface area contributed by atoms with Gasteiger partial charge in [0.15, 0.2) is 0 Å². The summed E-state index contributed by atoms with van der Waals surface area (Å²) in [5, 5.41) is 6.28. The summed E-state index contributed by atoms with van der Waals surface area (Å²) in [6.07, 6.45) is 7.34. The Kier molecular flexibility index (Phi) is 3.40. The van der Waals surface area contributed by atoms with Gasteiger partial charge in [-0.2, -0.15) is 0 Å². The SMILES string of the molecule is O=C(NCCC1CC1)[C@H]1CCCCN1. The summed E-state index contributed by atoms with van der Waals surface area (Å²) in [6.45, 7) is 1.88. The fraction of sp³-hybridized carbons (Fsp3) is 0.909. The van der Waals surface area contributed by atoms with Crippen LogP contribution in [0.3, 0.4) is 0 Å². The second-order valence-electron chi connectivity index (χ2n) is 4.53. The third-order valence-electron chi connectivity index (χ3n) is 3.18. The summed E-state index contributed by atoms with van der Waals surface area (Å²) in [4.78, 5) is 11.6. The second kappa shape index (κ2) is 4.78. The van der Waals surface area contributed by atoms with E-state index >= 15 is 0 Å².